The summed E-state index contributed by atoms with van der Waals surface area (Å²) < 4.78 is 5.71. The minimum atomic E-state index is -0.235. The molecule has 1 N–H and O–H groups in total. The minimum absolute atomic E-state index is 0.235. The number of aromatic nitrogens is 2. The number of amides is 1. The predicted molar refractivity (Wildman–Crippen MR) is 115 cm³/mol. The SMILES string of the molecule is CCOc1ccc2ccccc2c1C(=O)Nc1cnc(N2CCN(C)CC2)nc1. The highest BCUT2D eigenvalue weighted by Crippen LogP contribution is 2.29. The van der Waals surface area contributed by atoms with E-state index in [1.807, 2.05) is 43.3 Å². The largest absolute Gasteiger partial charge is 0.493 e. The standard InChI is InChI=1S/C22H25N5O2/c1-3-29-19-9-8-16-6-4-5-7-18(16)20(19)21(28)25-17-14-23-22(24-15-17)27-12-10-26(2)11-13-27/h4-9,14-15H,3,10-13H2,1-2H3,(H,25,28). The van der Waals surface area contributed by atoms with E-state index in [4.69, 9.17) is 4.74 Å². The second-order valence-electron chi connectivity index (χ2n) is 7.11. The summed E-state index contributed by atoms with van der Waals surface area (Å²) >= 11 is 0. The van der Waals surface area contributed by atoms with E-state index in [1.54, 1.807) is 12.4 Å². The van der Waals surface area contributed by atoms with E-state index in [2.05, 4.69) is 32.1 Å². The number of benzene rings is 2. The molecule has 7 heteroatoms. The van der Waals surface area contributed by atoms with Crippen molar-refractivity contribution in [3.8, 4) is 5.75 Å². The molecule has 1 aromatic heterocycles. The highest BCUT2D eigenvalue weighted by atomic mass is 16.5. The van der Waals surface area contributed by atoms with Gasteiger partial charge in [0, 0.05) is 26.2 Å². The van der Waals surface area contributed by atoms with Gasteiger partial charge in [0.15, 0.2) is 0 Å². The van der Waals surface area contributed by atoms with Gasteiger partial charge in [0.25, 0.3) is 5.91 Å². The Morgan fingerprint density at radius 1 is 1.07 bits per heavy atom. The molecule has 2 heterocycles. The number of rotatable bonds is 5. The third-order valence-electron chi connectivity index (χ3n) is 5.10. The summed E-state index contributed by atoms with van der Waals surface area (Å²) in [7, 11) is 2.11. The van der Waals surface area contributed by atoms with E-state index in [-0.39, 0.29) is 5.91 Å². The van der Waals surface area contributed by atoms with Gasteiger partial charge < -0.3 is 19.9 Å². The van der Waals surface area contributed by atoms with Gasteiger partial charge in [0.2, 0.25) is 5.95 Å². The van der Waals surface area contributed by atoms with Crippen molar-refractivity contribution in [3.05, 3.63) is 54.4 Å². The Labute approximate surface area is 170 Å². The number of hydrogen-bond acceptors (Lipinski definition) is 6. The second-order valence-corrected chi connectivity index (χ2v) is 7.11. The van der Waals surface area contributed by atoms with Gasteiger partial charge in [-0.15, -0.1) is 0 Å². The van der Waals surface area contributed by atoms with Crippen LogP contribution in [0.5, 0.6) is 5.75 Å². The number of nitrogens with one attached hydrogen (secondary N) is 1. The fraction of sp³-hybridized carbons (Fsp3) is 0.318. The molecule has 0 atom stereocenters. The Morgan fingerprint density at radius 3 is 2.52 bits per heavy atom. The van der Waals surface area contributed by atoms with Crippen LogP contribution in [0.3, 0.4) is 0 Å². The van der Waals surface area contributed by atoms with Gasteiger partial charge in [-0.1, -0.05) is 30.3 Å². The molecule has 4 rings (SSSR count). The molecule has 1 aliphatic heterocycles. The molecule has 0 bridgehead atoms. The number of anilines is 2. The zero-order valence-corrected chi connectivity index (χ0v) is 16.8. The maximum absolute atomic E-state index is 13.1. The Bertz CT molecular complexity index is 998. The Kier molecular flexibility index (Phi) is 5.57. The normalized spacial score (nSPS) is 14.8. The molecule has 1 fully saturated rings. The molecule has 2 aromatic carbocycles. The van der Waals surface area contributed by atoms with Crippen LogP contribution in [0, 0.1) is 0 Å². The molecule has 0 radical (unpaired) electrons. The number of nitrogens with zero attached hydrogens (tertiary/aromatic N) is 4. The van der Waals surface area contributed by atoms with E-state index >= 15 is 0 Å². The van der Waals surface area contributed by atoms with Crippen LogP contribution in [0.1, 0.15) is 17.3 Å². The molecule has 1 saturated heterocycles. The maximum Gasteiger partial charge on any atom is 0.260 e. The van der Waals surface area contributed by atoms with Crippen LogP contribution in [0.2, 0.25) is 0 Å². The first-order valence-corrected chi connectivity index (χ1v) is 9.87. The van der Waals surface area contributed by atoms with Gasteiger partial charge in [-0.25, -0.2) is 9.97 Å². The molecule has 29 heavy (non-hydrogen) atoms. The van der Waals surface area contributed by atoms with Crippen molar-refractivity contribution in [1.82, 2.24) is 14.9 Å². The molecule has 1 aliphatic rings. The van der Waals surface area contributed by atoms with Gasteiger partial charge in [0.05, 0.1) is 30.3 Å². The molecule has 0 unspecified atom stereocenters. The topological polar surface area (TPSA) is 70.6 Å². The summed E-state index contributed by atoms with van der Waals surface area (Å²) in [6.07, 6.45) is 3.31. The highest BCUT2D eigenvalue weighted by Gasteiger charge is 2.19. The zero-order valence-electron chi connectivity index (χ0n) is 16.8. The number of piperazine rings is 1. The van der Waals surface area contributed by atoms with E-state index in [0.717, 1.165) is 37.0 Å². The quantitative estimate of drug-likeness (QED) is 0.721. The van der Waals surface area contributed by atoms with Crippen molar-refractivity contribution < 1.29 is 9.53 Å². The zero-order chi connectivity index (χ0) is 20.2. The number of likely N-dealkylation sites (N-methyl/N-ethyl adjacent to an activating group) is 1. The van der Waals surface area contributed by atoms with Crippen LogP contribution in [0.15, 0.2) is 48.8 Å². The molecule has 7 nitrogen and oxygen atoms in total. The predicted octanol–water partition coefficient (Wildman–Crippen LogP) is 3.03. The van der Waals surface area contributed by atoms with Crippen LogP contribution in [-0.4, -0.2) is 60.6 Å². The highest BCUT2D eigenvalue weighted by molar-refractivity contribution is 6.14. The molecule has 0 aliphatic carbocycles. The lowest BCUT2D eigenvalue weighted by atomic mass is 10.0. The molecule has 150 valence electrons. The summed E-state index contributed by atoms with van der Waals surface area (Å²) in [5, 5.41) is 4.76. The van der Waals surface area contributed by atoms with Crippen LogP contribution in [0.4, 0.5) is 11.6 Å². The van der Waals surface area contributed by atoms with Crippen LogP contribution in [0.25, 0.3) is 10.8 Å². The number of carbonyl (C=O) groups excluding carboxylic acids is 1. The van der Waals surface area contributed by atoms with Gasteiger partial charge in [-0.3, -0.25) is 4.79 Å². The monoisotopic (exact) mass is 391 g/mol. The summed E-state index contributed by atoms with van der Waals surface area (Å²) in [5.41, 5.74) is 1.08. The first-order chi connectivity index (χ1) is 14.2. The van der Waals surface area contributed by atoms with Gasteiger partial charge >= 0.3 is 0 Å². The van der Waals surface area contributed by atoms with Crippen LogP contribution < -0.4 is 15.0 Å². The molecule has 3 aromatic rings. The maximum atomic E-state index is 13.1. The van der Waals surface area contributed by atoms with Gasteiger partial charge in [-0.2, -0.15) is 0 Å². The fourth-order valence-electron chi connectivity index (χ4n) is 3.51. The summed E-state index contributed by atoms with van der Waals surface area (Å²) in [5.74, 6) is 1.02. The average Bonchev–Trinajstić information content (AvgIpc) is 2.75. The Hall–Kier alpha value is -3.19. The Balaban J connectivity index is 1.56. The first kappa shape index (κ1) is 19.1. The number of hydrogen-bond donors (Lipinski definition) is 1. The summed E-state index contributed by atoms with van der Waals surface area (Å²) in [6.45, 7) is 6.17. The fourth-order valence-corrected chi connectivity index (χ4v) is 3.51. The van der Waals surface area contributed by atoms with Gasteiger partial charge in [0.1, 0.15) is 5.75 Å². The lowest BCUT2D eigenvalue weighted by molar-refractivity contribution is 0.102. The van der Waals surface area contributed by atoms with E-state index < -0.39 is 0 Å². The van der Waals surface area contributed by atoms with Crippen molar-refractivity contribution in [3.63, 3.8) is 0 Å². The van der Waals surface area contributed by atoms with Crippen LogP contribution >= 0.6 is 0 Å². The van der Waals surface area contributed by atoms with E-state index in [1.165, 1.54) is 0 Å². The van der Waals surface area contributed by atoms with E-state index in [9.17, 15) is 4.79 Å². The lowest BCUT2D eigenvalue weighted by Gasteiger charge is -2.32. The first-order valence-electron chi connectivity index (χ1n) is 9.87. The summed E-state index contributed by atoms with van der Waals surface area (Å²) in [6, 6.07) is 11.6. The van der Waals surface area contributed by atoms with E-state index in [0.29, 0.717) is 29.6 Å². The molecule has 0 spiro atoms. The van der Waals surface area contributed by atoms with Crippen molar-refractivity contribution in [2.24, 2.45) is 0 Å². The molecular formula is C22H25N5O2. The number of ether oxygens (including phenoxy) is 1. The van der Waals surface area contributed by atoms with Crippen LogP contribution in [-0.2, 0) is 0 Å². The lowest BCUT2D eigenvalue weighted by Crippen LogP contribution is -2.45. The average molecular weight is 391 g/mol. The molecule has 0 saturated carbocycles. The van der Waals surface area contributed by atoms with Crippen molar-refractivity contribution >= 4 is 28.3 Å². The third-order valence-corrected chi connectivity index (χ3v) is 5.10. The molecular weight excluding hydrogens is 366 g/mol. The third kappa shape index (κ3) is 4.14. The second kappa shape index (κ2) is 8.45. The van der Waals surface area contributed by atoms with Gasteiger partial charge in [-0.05, 0) is 30.8 Å². The Morgan fingerprint density at radius 2 is 1.79 bits per heavy atom. The van der Waals surface area contributed by atoms with Crippen molar-refractivity contribution in [2.75, 3.05) is 50.1 Å². The van der Waals surface area contributed by atoms with Crippen molar-refractivity contribution in [2.45, 2.75) is 6.92 Å². The number of carbonyl (C=O) groups is 1. The smallest absolute Gasteiger partial charge is 0.260 e. The van der Waals surface area contributed by atoms with Crippen molar-refractivity contribution in [1.29, 1.82) is 0 Å². The number of fused-ring (bicyclic) bond motifs is 1. The molecule has 1 amide bonds. The minimum Gasteiger partial charge on any atom is -0.493 e. The summed E-state index contributed by atoms with van der Waals surface area (Å²) in [4.78, 5) is 26.4.